The van der Waals surface area contributed by atoms with Crippen LogP contribution in [-0.2, 0) is 4.79 Å². The van der Waals surface area contributed by atoms with Crippen molar-refractivity contribution in [1.29, 1.82) is 0 Å². The summed E-state index contributed by atoms with van der Waals surface area (Å²) in [4.78, 5) is 24.0. The zero-order chi connectivity index (χ0) is 17.7. The average molecular weight is 365 g/mol. The van der Waals surface area contributed by atoms with Crippen molar-refractivity contribution in [2.75, 3.05) is 7.11 Å². The Morgan fingerprint density at radius 1 is 1.12 bits per heavy atom. The topological polar surface area (TPSA) is 63.6 Å². The van der Waals surface area contributed by atoms with Crippen molar-refractivity contribution in [3.8, 4) is 11.5 Å². The maximum absolute atomic E-state index is 12.1. The first kappa shape index (κ1) is 18.0. The van der Waals surface area contributed by atoms with Gasteiger partial charge in [-0.25, -0.2) is 0 Å². The number of aromatic hydroxyl groups is 1. The van der Waals surface area contributed by atoms with Gasteiger partial charge >= 0.3 is 0 Å². The summed E-state index contributed by atoms with van der Waals surface area (Å²) in [6.45, 7) is 0. The van der Waals surface area contributed by atoms with E-state index in [1.807, 2.05) is 0 Å². The van der Waals surface area contributed by atoms with Crippen molar-refractivity contribution in [3.05, 3.63) is 63.6 Å². The molecule has 6 heteroatoms. The number of phenols is 1. The van der Waals surface area contributed by atoms with Gasteiger partial charge in [0.15, 0.2) is 23.1 Å². The number of hydrogen-bond donors (Lipinski definition) is 1. The molecule has 0 saturated heterocycles. The smallest absolute Gasteiger partial charge is 0.170 e. The van der Waals surface area contributed by atoms with Gasteiger partial charge in [0, 0.05) is 5.56 Å². The molecule has 4 nitrogen and oxygen atoms in total. The highest BCUT2D eigenvalue weighted by molar-refractivity contribution is 6.42. The lowest BCUT2D eigenvalue weighted by molar-refractivity contribution is -0.113. The molecule has 0 aliphatic carbocycles. The van der Waals surface area contributed by atoms with Crippen LogP contribution in [0.1, 0.15) is 22.3 Å². The lowest BCUT2D eigenvalue weighted by Gasteiger charge is -2.03. The van der Waals surface area contributed by atoms with E-state index in [9.17, 15) is 14.7 Å². The second-order valence-electron chi connectivity index (χ2n) is 4.96. The van der Waals surface area contributed by atoms with E-state index in [4.69, 9.17) is 27.9 Å². The molecule has 0 spiro atoms. The summed E-state index contributed by atoms with van der Waals surface area (Å²) in [5.41, 5.74) is 0.998. The van der Waals surface area contributed by atoms with E-state index in [0.29, 0.717) is 21.9 Å². The number of carbonyl (C=O) groups excluding carboxylic acids is 2. The molecule has 0 heterocycles. The van der Waals surface area contributed by atoms with Crippen molar-refractivity contribution in [2.45, 2.75) is 6.42 Å². The number of carbonyl (C=O) groups is 2. The van der Waals surface area contributed by atoms with Gasteiger partial charge in [-0.2, -0.15) is 0 Å². The molecule has 0 bridgehead atoms. The average Bonchev–Trinajstić information content (AvgIpc) is 2.56. The largest absolute Gasteiger partial charge is 0.504 e. The minimum absolute atomic E-state index is 0.00997. The van der Waals surface area contributed by atoms with Crippen LogP contribution >= 0.6 is 23.2 Å². The van der Waals surface area contributed by atoms with E-state index in [-0.39, 0.29) is 28.8 Å². The number of ketones is 2. The first-order valence-electron chi connectivity index (χ1n) is 6.97. The summed E-state index contributed by atoms with van der Waals surface area (Å²) in [7, 11) is 1.43. The van der Waals surface area contributed by atoms with Gasteiger partial charge in [0.05, 0.1) is 23.6 Å². The predicted molar refractivity (Wildman–Crippen MR) is 94.1 cm³/mol. The van der Waals surface area contributed by atoms with Crippen LogP contribution in [0, 0.1) is 0 Å². The van der Waals surface area contributed by atoms with E-state index in [2.05, 4.69) is 0 Å². The Labute approximate surface area is 149 Å². The Bertz CT molecular complexity index is 813. The van der Waals surface area contributed by atoms with Gasteiger partial charge in [-0.15, -0.1) is 0 Å². The van der Waals surface area contributed by atoms with E-state index in [1.54, 1.807) is 18.2 Å². The summed E-state index contributed by atoms with van der Waals surface area (Å²) in [6.07, 6.45) is 2.58. The monoisotopic (exact) mass is 364 g/mol. The quantitative estimate of drug-likeness (QED) is 0.463. The molecule has 0 amide bonds. The van der Waals surface area contributed by atoms with Gasteiger partial charge in [-0.3, -0.25) is 9.59 Å². The standard InChI is InChI=1S/C18H14Cl2O4/c1-24-18-8-11(3-7-16(18)22)2-5-13(21)10-17(23)12-4-6-14(19)15(20)9-12/h2-9,22H,10H2,1H3/b5-2+. The summed E-state index contributed by atoms with van der Waals surface area (Å²) in [6, 6.07) is 9.15. The predicted octanol–water partition coefficient (Wildman–Crippen LogP) is 4.56. The molecule has 0 unspecified atom stereocenters. The Morgan fingerprint density at radius 2 is 1.88 bits per heavy atom. The first-order valence-corrected chi connectivity index (χ1v) is 7.72. The van der Waals surface area contributed by atoms with Gasteiger partial charge in [0.1, 0.15) is 0 Å². The van der Waals surface area contributed by atoms with Crippen LogP contribution in [0.4, 0.5) is 0 Å². The number of rotatable bonds is 6. The molecular formula is C18H14Cl2O4. The Kier molecular flexibility index (Phi) is 6.01. The second-order valence-corrected chi connectivity index (χ2v) is 5.77. The third kappa shape index (κ3) is 4.60. The highest BCUT2D eigenvalue weighted by Gasteiger charge is 2.11. The summed E-state index contributed by atoms with van der Waals surface area (Å²) in [5.74, 6) is -0.378. The number of ether oxygens (including phenoxy) is 1. The third-order valence-corrected chi connectivity index (χ3v) is 3.98. The fraction of sp³-hybridized carbons (Fsp3) is 0.111. The highest BCUT2D eigenvalue weighted by Crippen LogP contribution is 2.27. The number of benzene rings is 2. The zero-order valence-corrected chi connectivity index (χ0v) is 14.3. The van der Waals surface area contributed by atoms with Gasteiger partial charge in [0.2, 0.25) is 0 Å². The van der Waals surface area contributed by atoms with Gasteiger partial charge in [-0.05, 0) is 42.0 Å². The molecule has 2 aromatic rings. The number of Topliss-reactive ketones (excluding diaryl/α,β-unsaturated/α-hetero) is 1. The molecule has 2 aromatic carbocycles. The van der Waals surface area contributed by atoms with Crippen LogP contribution in [0.25, 0.3) is 6.08 Å². The number of hydrogen-bond acceptors (Lipinski definition) is 4. The molecule has 0 aliphatic heterocycles. The SMILES string of the molecule is COc1cc(/C=C/C(=O)CC(=O)c2ccc(Cl)c(Cl)c2)ccc1O. The molecule has 2 rings (SSSR count). The molecular weight excluding hydrogens is 351 g/mol. The van der Waals surface area contributed by atoms with E-state index in [1.165, 1.54) is 37.5 Å². The Balaban J connectivity index is 2.04. The van der Waals surface area contributed by atoms with Gasteiger partial charge in [0.25, 0.3) is 0 Å². The number of methoxy groups -OCH3 is 1. The van der Waals surface area contributed by atoms with Gasteiger partial charge in [-0.1, -0.05) is 35.3 Å². The van der Waals surface area contributed by atoms with Crippen molar-refractivity contribution >= 4 is 40.8 Å². The lowest BCUT2D eigenvalue weighted by Crippen LogP contribution is -2.05. The van der Waals surface area contributed by atoms with E-state index >= 15 is 0 Å². The Morgan fingerprint density at radius 3 is 2.54 bits per heavy atom. The molecule has 124 valence electrons. The number of halogens is 2. The minimum Gasteiger partial charge on any atom is -0.504 e. The number of phenolic OH excluding ortho intramolecular Hbond substituents is 1. The molecule has 0 atom stereocenters. The van der Waals surface area contributed by atoms with Crippen molar-refractivity contribution in [1.82, 2.24) is 0 Å². The normalized spacial score (nSPS) is 10.8. The van der Waals surface area contributed by atoms with E-state index in [0.717, 1.165) is 0 Å². The summed E-state index contributed by atoms with van der Waals surface area (Å²) >= 11 is 11.7. The van der Waals surface area contributed by atoms with Crippen molar-refractivity contribution in [3.63, 3.8) is 0 Å². The molecule has 0 saturated carbocycles. The minimum atomic E-state index is -0.349. The summed E-state index contributed by atoms with van der Waals surface area (Å²) in [5, 5.41) is 10.1. The second kappa shape index (κ2) is 7.99. The van der Waals surface area contributed by atoms with Gasteiger partial charge < -0.3 is 9.84 Å². The van der Waals surface area contributed by atoms with Crippen LogP contribution in [-0.4, -0.2) is 23.8 Å². The van der Waals surface area contributed by atoms with E-state index < -0.39 is 0 Å². The maximum atomic E-state index is 12.1. The summed E-state index contributed by atoms with van der Waals surface area (Å²) < 4.78 is 4.99. The van der Waals surface area contributed by atoms with Crippen LogP contribution in [0.2, 0.25) is 10.0 Å². The third-order valence-electron chi connectivity index (χ3n) is 3.24. The van der Waals surface area contributed by atoms with Crippen LogP contribution in [0.15, 0.2) is 42.5 Å². The van der Waals surface area contributed by atoms with Crippen LogP contribution < -0.4 is 4.74 Å². The molecule has 24 heavy (non-hydrogen) atoms. The van der Waals surface area contributed by atoms with Crippen molar-refractivity contribution in [2.24, 2.45) is 0 Å². The first-order chi connectivity index (χ1) is 11.4. The van der Waals surface area contributed by atoms with Crippen LogP contribution in [0.5, 0.6) is 11.5 Å². The lowest BCUT2D eigenvalue weighted by atomic mass is 10.1. The fourth-order valence-electron chi connectivity index (χ4n) is 1.98. The highest BCUT2D eigenvalue weighted by atomic mass is 35.5. The maximum Gasteiger partial charge on any atom is 0.170 e. The van der Waals surface area contributed by atoms with Crippen molar-refractivity contribution < 1.29 is 19.4 Å². The zero-order valence-electron chi connectivity index (χ0n) is 12.8. The fourth-order valence-corrected chi connectivity index (χ4v) is 2.27. The molecule has 0 aromatic heterocycles. The Hall–Kier alpha value is -2.30. The number of allylic oxidation sites excluding steroid dienone is 1. The molecule has 0 radical (unpaired) electrons. The molecule has 1 N–H and O–H groups in total. The van der Waals surface area contributed by atoms with Crippen LogP contribution in [0.3, 0.4) is 0 Å². The molecule has 0 aliphatic rings. The molecule has 0 fully saturated rings.